The van der Waals surface area contributed by atoms with Gasteiger partial charge in [0, 0.05) is 24.8 Å². The van der Waals surface area contributed by atoms with Crippen molar-refractivity contribution in [3.63, 3.8) is 0 Å². The van der Waals surface area contributed by atoms with Gasteiger partial charge < -0.3 is 0 Å². The topological polar surface area (TPSA) is 206 Å². The average molecular weight is 459 g/mol. The fourth-order valence-electron chi connectivity index (χ4n) is 1.70. The van der Waals surface area contributed by atoms with Gasteiger partial charge >= 0.3 is 0 Å². The Balaban J connectivity index is 0.000000300. The molecule has 0 aliphatic carbocycles. The van der Waals surface area contributed by atoms with Crippen LogP contribution in [0.15, 0.2) is 24.8 Å². The maximum atomic E-state index is 11.5. The van der Waals surface area contributed by atoms with Crippen molar-refractivity contribution in [1.29, 1.82) is 0 Å². The largest absolute Gasteiger partial charge is 0.289 e. The number of carbonyl (C=O) groups excluding carboxylic acids is 2. The highest BCUT2D eigenvalue weighted by Gasteiger charge is 2.28. The van der Waals surface area contributed by atoms with Crippen molar-refractivity contribution in [2.24, 2.45) is 10.3 Å². The van der Waals surface area contributed by atoms with Gasteiger partial charge in [0.2, 0.25) is 31.6 Å². The summed E-state index contributed by atoms with van der Waals surface area (Å²) in [6.07, 6.45) is 5.76. The SMILES string of the molecule is Cc1cnc(C(=O)[C@@H](C)S(N)(=O)=O)nc1.Cc1cnc(C(=O)[C@H](C)S(N)(=O)=O)nc1. The van der Waals surface area contributed by atoms with Crippen LogP contribution in [0.4, 0.5) is 0 Å². The Kier molecular flexibility index (Phi) is 8.35. The highest BCUT2D eigenvalue weighted by molar-refractivity contribution is 7.90. The van der Waals surface area contributed by atoms with E-state index < -0.39 is 42.1 Å². The van der Waals surface area contributed by atoms with E-state index in [1.54, 1.807) is 13.8 Å². The quantitative estimate of drug-likeness (QED) is 0.520. The molecule has 2 rings (SSSR count). The molecule has 2 aromatic rings. The Morgan fingerprint density at radius 2 is 0.933 bits per heavy atom. The predicted octanol–water partition coefficient (Wildman–Crippen LogP) is -0.711. The first-order valence-corrected chi connectivity index (χ1v) is 11.6. The van der Waals surface area contributed by atoms with Crippen molar-refractivity contribution < 1.29 is 26.4 Å². The van der Waals surface area contributed by atoms with Crippen LogP contribution in [0, 0.1) is 13.8 Å². The third kappa shape index (κ3) is 7.29. The van der Waals surface area contributed by atoms with Gasteiger partial charge in [-0.3, -0.25) is 9.59 Å². The molecule has 0 bridgehead atoms. The van der Waals surface area contributed by atoms with E-state index in [9.17, 15) is 26.4 Å². The number of Topliss-reactive ketones (excluding diaryl/α,β-unsaturated/α-hetero) is 2. The standard InChI is InChI=1S/2C8H11N3O3S/c2*1-5-3-10-8(11-4-5)7(12)6(2)15(9,13)14/h2*3-4,6H,1-2H3,(H2,9,13,14)/t2*6-/m10/s1. The van der Waals surface area contributed by atoms with Crippen LogP contribution in [-0.2, 0) is 20.0 Å². The van der Waals surface area contributed by atoms with Crippen LogP contribution in [0.5, 0.6) is 0 Å². The summed E-state index contributed by atoms with van der Waals surface area (Å²) in [5.74, 6) is -1.67. The molecule has 0 fully saturated rings. The average Bonchev–Trinajstić information content (AvgIpc) is 2.66. The highest BCUT2D eigenvalue weighted by atomic mass is 32.2. The van der Waals surface area contributed by atoms with Crippen LogP contribution in [0.3, 0.4) is 0 Å². The summed E-state index contributed by atoms with van der Waals surface area (Å²) in [4.78, 5) is 38.0. The van der Waals surface area contributed by atoms with Crippen molar-refractivity contribution in [1.82, 2.24) is 19.9 Å². The number of sulfonamides is 2. The molecule has 2 aromatic heterocycles. The maximum absolute atomic E-state index is 11.5. The summed E-state index contributed by atoms with van der Waals surface area (Å²) >= 11 is 0. The maximum Gasteiger partial charge on any atom is 0.219 e. The molecule has 0 radical (unpaired) electrons. The van der Waals surface area contributed by atoms with Crippen LogP contribution < -0.4 is 10.3 Å². The van der Waals surface area contributed by atoms with Crippen molar-refractivity contribution in [2.75, 3.05) is 0 Å². The van der Waals surface area contributed by atoms with Crippen LogP contribution in [0.2, 0.25) is 0 Å². The molecule has 4 N–H and O–H groups in total. The Morgan fingerprint density at radius 1 is 0.700 bits per heavy atom. The minimum atomic E-state index is -3.89. The molecule has 2 heterocycles. The fraction of sp³-hybridized carbons (Fsp3) is 0.375. The third-order valence-corrected chi connectivity index (χ3v) is 6.13. The lowest BCUT2D eigenvalue weighted by Crippen LogP contribution is -2.34. The van der Waals surface area contributed by atoms with E-state index in [1.807, 2.05) is 0 Å². The molecule has 0 amide bonds. The summed E-state index contributed by atoms with van der Waals surface area (Å²) in [5.41, 5.74) is 1.57. The van der Waals surface area contributed by atoms with Crippen molar-refractivity contribution in [2.45, 2.75) is 38.2 Å². The Bertz CT molecular complexity index is 1020. The number of rotatable bonds is 6. The number of nitrogens with two attached hydrogens (primary N) is 2. The summed E-state index contributed by atoms with van der Waals surface area (Å²) in [6, 6.07) is 0. The first kappa shape index (κ1) is 25.4. The highest BCUT2D eigenvalue weighted by Crippen LogP contribution is 2.05. The Hall–Kier alpha value is -2.68. The lowest BCUT2D eigenvalue weighted by molar-refractivity contribution is 0.0973. The number of aromatic nitrogens is 4. The second kappa shape index (κ2) is 9.88. The summed E-state index contributed by atoms with van der Waals surface area (Å²) in [7, 11) is -7.78. The third-order valence-electron chi connectivity index (χ3n) is 3.73. The van der Waals surface area contributed by atoms with Crippen molar-refractivity contribution in [3.8, 4) is 0 Å². The van der Waals surface area contributed by atoms with Gasteiger partial charge in [0.05, 0.1) is 0 Å². The number of hydrogen-bond donors (Lipinski definition) is 2. The van der Waals surface area contributed by atoms with Crippen molar-refractivity contribution >= 4 is 31.6 Å². The molecule has 30 heavy (non-hydrogen) atoms. The normalized spacial score (nSPS) is 13.5. The lowest BCUT2D eigenvalue weighted by atomic mass is 10.3. The number of nitrogens with zero attached hydrogens (tertiary/aromatic N) is 4. The van der Waals surface area contributed by atoms with E-state index in [1.165, 1.54) is 38.6 Å². The van der Waals surface area contributed by atoms with Crippen LogP contribution >= 0.6 is 0 Å². The van der Waals surface area contributed by atoms with E-state index in [4.69, 9.17) is 10.3 Å². The molecular weight excluding hydrogens is 436 g/mol. The number of carbonyl (C=O) groups is 2. The molecule has 0 saturated heterocycles. The van der Waals surface area contributed by atoms with Crippen LogP contribution in [0.25, 0.3) is 0 Å². The van der Waals surface area contributed by atoms with E-state index in [2.05, 4.69) is 19.9 Å². The van der Waals surface area contributed by atoms with Gasteiger partial charge in [0.15, 0.2) is 11.6 Å². The Labute approximate surface area is 174 Å². The van der Waals surface area contributed by atoms with Gasteiger partial charge in [-0.2, -0.15) is 0 Å². The number of hydrogen-bond acceptors (Lipinski definition) is 10. The zero-order valence-corrected chi connectivity index (χ0v) is 18.3. The van der Waals surface area contributed by atoms with Crippen molar-refractivity contribution in [3.05, 3.63) is 47.6 Å². The minimum Gasteiger partial charge on any atom is -0.289 e. The molecule has 0 unspecified atom stereocenters. The van der Waals surface area contributed by atoms with Gasteiger partial charge in [-0.15, -0.1) is 0 Å². The number of ketones is 2. The summed E-state index contributed by atoms with van der Waals surface area (Å²) in [5, 5.41) is 7.05. The van der Waals surface area contributed by atoms with Gasteiger partial charge in [0.1, 0.15) is 10.5 Å². The Morgan fingerprint density at radius 3 is 1.13 bits per heavy atom. The summed E-state index contributed by atoms with van der Waals surface area (Å²) < 4.78 is 43.7. The monoisotopic (exact) mass is 458 g/mol. The molecule has 164 valence electrons. The molecule has 0 aromatic carbocycles. The molecule has 2 atom stereocenters. The first-order chi connectivity index (χ1) is 13.6. The second-order valence-electron chi connectivity index (χ2n) is 6.36. The second-order valence-corrected chi connectivity index (χ2v) is 10.1. The minimum absolute atomic E-state index is 0.137. The summed E-state index contributed by atoms with van der Waals surface area (Å²) in [6.45, 7) is 5.94. The zero-order chi connectivity index (χ0) is 23.3. The number of primary sulfonamides is 2. The molecule has 0 aliphatic rings. The van der Waals surface area contributed by atoms with Gasteiger partial charge in [0.25, 0.3) is 0 Å². The van der Waals surface area contributed by atoms with E-state index >= 15 is 0 Å². The molecule has 0 spiro atoms. The van der Waals surface area contributed by atoms with Gasteiger partial charge in [-0.25, -0.2) is 47.0 Å². The number of aryl methyl sites for hydroxylation is 2. The van der Waals surface area contributed by atoms with Gasteiger partial charge in [-0.05, 0) is 38.8 Å². The predicted molar refractivity (Wildman–Crippen MR) is 107 cm³/mol. The smallest absolute Gasteiger partial charge is 0.219 e. The van der Waals surface area contributed by atoms with E-state index in [0.717, 1.165) is 11.1 Å². The van der Waals surface area contributed by atoms with E-state index in [0.29, 0.717) is 0 Å². The molecule has 0 saturated carbocycles. The van der Waals surface area contributed by atoms with Crippen LogP contribution in [-0.4, -0.2) is 58.8 Å². The zero-order valence-electron chi connectivity index (χ0n) is 16.7. The first-order valence-electron chi connectivity index (χ1n) is 8.33. The fourth-order valence-corrected chi connectivity index (χ4v) is 2.51. The molecule has 0 aliphatic heterocycles. The molecular formula is C16H22N6O6S2. The van der Waals surface area contributed by atoms with E-state index in [-0.39, 0.29) is 11.6 Å². The van der Waals surface area contributed by atoms with Crippen LogP contribution in [0.1, 0.15) is 46.2 Å². The molecule has 12 nitrogen and oxygen atoms in total. The lowest BCUT2D eigenvalue weighted by Gasteiger charge is -2.06. The van der Waals surface area contributed by atoms with Gasteiger partial charge in [-0.1, -0.05) is 0 Å². The molecule has 14 heteroatoms.